The third kappa shape index (κ3) is 6.00. The summed E-state index contributed by atoms with van der Waals surface area (Å²) in [6.07, 6.45) is 4.01. The first-order chi connectivity index (χ1) is 12.7. The van der Waals surface area contributed by atoms with Crippen LogP contribution in [0.3, 0.4) is 0 Å². The lowest BCUT2D eigenvalue weighted by Gasteiger charge is -2.31. The second kappa shape index (κ2) is 9.55. The van der Waals surface area contributed by atoms with Crippen LogP contribution in [0.5, 0.6) is 5.75 Å². The van der Waals surface area contributed by atoms with E-state index in [0.29, 0.717) is 23.2 Å². The first-order valence-electron chi connectivity index (χ1n) is 8.96. The van der Waals surface area contributed by atoms with Gasteiger partial charge in [0, 0.05) is 24.3 Å². The maximum Gasteiger partial charge on any atom is 0.257 e. The number of amides is 1. The lowest BCUT2D eigenvalue weighted by atomic mass is 9.96. The maximum atomic E-state index is 12.0. The molecule has 138 valence electrons. The summed E-state index contributed by atoms with van der Waals surface area (Å²) < 4.78 is 5.46. The molecule has 1 fully saturated rings. The summed E-state index contributed by atoms with van der Waals surface area (Å²) in [5.41, 5.74) is 1.11. The highest BCUT2D eigenvalue weighted by atomic mass is 35.5. The first kappa shape index (κ1) is 18.7. The van der Waals surface area contributed by atoms with Gasteiger partial charge in [0.1, 0.15) is 5.75 Å². The molecule has 1 saturated heterocycles. The summed E-state index contributed by atoms with van der Waals surface area (Å²) in [6.45, 7) is 3.71. The van der Waals surface area contributed by atoms with Gasteiger partial charge in [0.25, 0.3) is 5.91 Å². The molecule has 5 nitrogen and oxygen atoms in total. The van der Waals surface area contributed by atoms with E-state index < -0.39 is 0 Å². The molecular weight excluding hydrogens is 350 g/mol. The summed E-state index contributed by atoms with van der Waals surface area (Å²) in [4.78, 5) is 18.8. The molecule has 2 heterocycles. The molecule has 1 aromatic heterocycles. The summed E-state index contributed by atoms with van der Waals surface area (Å²) in [5.74, 6) is 1.08. The Morgan fingerprint density at radius 2 is 1.96 bits per heavy atom. The molecule has 0 bridgehead atoms. The molecule has 6 heteroatoms. The van der Waals surface area contributed by atoms with E-state index in [4.69, 9.17) is 16.3 Å². The third-order valence-electron chi connectivity index (χ3n) is 4.59. The van der Waals surface area contributed by atoms with E-state index in [1.165, 1.54) is 0 Å². The van der Waals surface area contributed by atoms with Crippen molar-refractivity contribution in [1.82, 2.24) is 15.2 Å². The largest absolute Gasteiger partial charge is 0.484 e. The topological polar surface area (TPSA) is 54.5 Å². The van der Waals surface area contributed by atoms with Gasteiger partial charge in [-0.25, -0.2) is 0 Å². The number of nitrogens with one attached hydrogen (secondary N) is 1. The molecule has 0 aliphatic carbocycles. The third-order valence-corrected chi connectivity index (χ3v) is 4.84. The van der Waals surface area contributed by atoms with Crippen molar-refractivity contribution in [3.63, 3.8) is 0 Å². The average molecular weight is 374 g/mol. The van der Waals surface area contributed by atoms with Crippen molar-refractivity contribution < 1.29 is 9.53 Å². The quantitative estimate of drug-likeness (QED) is 0.810. The van der Waals surface area contributed by atoms with Gasteiger partial charge in [0.05, 0.1) is 5.69 Å². The molecular formula is C20H24ClN3O2. The molecule has 1 amide bonds. The van der Waals surface area contributed by atoms with Crippen LogP contribution >= 0.6 is 11.6 Å². The number of likely N-dealkylation sites (tertiary alicyclic amines) is 1. The van der Waals surface area contributed by atoms with Gasteiger partial charge >= 0.3 is 0 Å². The van der Waals surface area contributed by atoms with Gasteiger partial charge in [-0.2, -0.15) is 0 Å². The number of benzene rings is 1. The molecule has 2 aromatic rings. The predicted octanol–water partition coefficient (Wildman–Crippen LogP) is 3.14. The summed E-state index contributed by atoms with van der Waals surface area (Å²) in [5, 5.41) is 3.63. The van der Waals surface area contributed by atoms with Crippen molar-refractivity contribution in [3.05, 3.63) is 59.4 Å². The van der Waals surface area contributed by atoms with E-state index in [-0.39, 0.29) is 12.5 Å². The van der Waals surface area contributed by atoms with E-state index >= 15 is 0 Å². The highest BCUT2D eigenvalue weighted by molar-refractivity contribution is 6.30. The molecule has 3 rings (SSSR count). The smallest absolute Gasteiger partial charge is 0.257 e. The number of carbonyl (C=O) groups excluding carboxylic acids is 1. The van der Waals surface area contributed by atoms with Gasteiger partial charge in [-0.3, -0.25) is 14.7 Å². The number of piperidine rings is 1. The molecule has 0 atom stereocenters. The Bertz CT molecular complexity index is 686. The van der Waals surface area contributed by atoms with Crippen LogP contribution in [0, 0.1) is 5.92 Å². The molecule has 0 saturated carbocycles. The Morgan fingerprint density at radius 3 is 2.65 bits per heavy atom. The van der Waals surface area contributed by atoms with Crippen LogP contribution in [0.1, 0.15) is 18.5 Å². The molecule has 1 N–H and O–H groups in total. The Balaban J connectivity index is 1.32. The monoisotopic (exact) mass is 373 g/mol. The van der Waals surface area contributed by atoms with Crippen molar-refractivity contribution in [2.75, 3.05) is 26.2 Å². The Hall–Kier alpha value is -2.11. The Kier molecular flexibility index (Phi) is 6.86. The number of rotatable bonds is 7. The van der Waals surface area contributed by atoms with Crippen LogP contribution in [0.15, 0.2) is 48.7 Å². The minimum atomic E-state index is -0.0872. The van der Waals surface area contributed by atoms with E-state index in [0.717, 1.165) is 38.2 Å². The predicted molar refractivity (Wildman–Crippen MR) is 102 cm³/mol. The van der Waals surface area contributed by atoms with Crippen molar-refractivity contribution >= 4 is 17.5 Å². The van der Waals surface area contributed by atoms with E-state index in [9.17, 15) is 4.79 Å². The number of pyridine rings is 1. The van der Waals surface area contributed by atoms with E-state index in [2.05, 4.69) is 21.3 Å². The zero-order chi connectivity index (χ0) is 18.2. The fourth-order valence-electron chi connectivity index (χ4n) is 3.06. The second-order valence-electron chi connectivity index (χ2n) is 6.59. The average Bonchev–Trinajstić information content (AvgIpc) is 2.68. The van der Waals surface area contributed by atoms with E-state index in [1.54, 1.807) is 24.3 Å². The van der Waals surface area contributed by atoms with Crippen molar-refractivity contribution in [2.24, 2.45) is 5.92 Å². The number of hydrogen-bond donors (Lipinski definition) is 1. The summed E-state index contributed by atoms with van der Waals surface area (Å²) >= 11 is 5.82. The molecule has 0 unspecified atom stereocenters. The van der Waals surface area contributed by atoms with Crippen molar-refractivity contribution in [3.8, 4) is 5.75 Å². The molecule has 0 radical (unpaired) electrons. The van der Waals surface area contributed by atoms with E-state index in [1.807, 2.05) is 18.3 Å². The van der Waals surface area contributed by atoms with Crippen LogP contribution in [0.25, 0.3) is 0 Å². The van der Waals surface area contributed by atoms with Gasteiger partial charge in [-0.05, 0) is 68.2 Å². The fraction of sp³-hybridized carbons (Fsp3) is 0.400. The minimum absolute atomic E-state index is 0.0279. The number of halogens is 1. The van der Waals surface area contributed by atoms with Gasteiger partial charge in [-0.1, -0.05) is 17.7 Å². The lowest BCUT2D eigenvalue weighted by molar-refractivity contribution is -0.123. The van der Waals surface area contributed by atoms with Gasteiger partial charge in [-0.15, -0.1) is 0 Å². The fourth-order valence-corrected chi connectivity index (χ4v) is 3.18. The van der Waals surface area contributed by atoms with Crippen LogP contribution in [-0.4, -0.2) is 42.0 Å². The summed E-state index contributed by atoms with van der Waals surface area (Å²) in [6, 6.07) is 13.0. The van der Waals surface area contributed by atoms with Crippen molar-refractivity contribution in [2.45, 2.75) is 19.4 Å². The maximum absolute atomic E-state index is 12.0. The molecule has 1 aliphatic heterocycles. The minimum Gasteiger partial charge on any atom is -0.484 e. The zero-order valence-corrected chi connectivity index (χ0v) is 15.5. The van der Waals surface area contributed by atoms with Crippen LogP contribution in [0.4, 0.5) is 0 Å². The Morgan fingerprint density at radius 1 is 1.19 bits per heavy atom. The summed E-state index contributed by atoms with van der Waals surface area (Å²) in [7, 11) is 0. The van der Waals surface area contributed by atoms with Crippen LogP contribution < -0.4 is 10.1 Å². The number of aromatic nitrogens is 1. The highest BCUT2D eigenvalue weighted by Gasteiger charge is 2.20. The van der Waals surface area contributed by atoms with Gasteiger partial charge in [0.2, 0.25) is 0 Å². The molecule has 1 aromatic carbocycles. The van der Waals surface area contributed by atoms with Crippen LogP contribution in [0.2, 0.25) is 5.02 Å². The standard InChI is InChI=1S/C20H24ClN3O2/c21-17-4-6-19(7-5-17)26-15-20(25)23-13-16-8-11-24(12-9-16)14-18-3-1-2-10-22-18/h1-7,10,16H,8-9,11-15H2,(H,23,25). The number of ether oxygens (including phenoxy) is 1. The van der Waals surface area contributed by atoms with Crippen LogP contribution in [-0.2, 0) is 11.3 Å². The SMILES string of the molecule is O=C(COc1ccc(Cl)cc1)NCC1CCN(Cc2ccccn2)CC1. The lowest BCUT2D eigenvalue weighted by Crippen LogP contribution is -2.39. The first-order valence-corrected chi connectivity index (χ1v) is 9.34. The highest BCUT2D eigenvalue weighted by Crippen LogP contribution is 2.18. The Labute approximate surface area is 159 Å². The van der Waals surface area contributed by atoms with Gasteiger partial charge in [0.15, 0.2) is 6.61 Å². The number of hydrogen-bond acceptors (Lipinski definition) is 4. The van der Waals surface area contributed by atoms with Gasteiger partial charge < -0.3 is 10.1 Å². The number of carbonyl (C=O) groups is 1. The molecule has 1 aliphatic rings. The number of nitrogens with zero attached hydrogens (tertiary/aromatic N) is 2. The normalized spacial score (nSPS) is 15.6. The zero-order valence-electron chi connectivity index (χ0n) is 14.7. The molecule has 0 spiro atoms. The molecule has 26 heavy (non-hydrogen) atoms. The second-order valence-corrected chi connectivity index (χ2v) is 7.02. The van der Waals surface area contributed by atoms with Crippen molar-refractivity contribution in [1.29, 1.82) is 0 Å².